The molecule has 0 saturated heterocycles. The van der Waals surface area contributed by atoms with E-state index in [1.54, 1.807) is 31.3 Å². The van der Waals surface area contributed by atoms with E-state index in [4.69, 9.17) is 0 Å². The molecule has 4 rings (SSSR count). The average Bonchev–Trinajstić information content (AvgIpc) is 3.16. The van der Waals surface area contributed by atoms with Crippen molar-refractivity contribution in [3.05, 3.63) is 91.8 Å². The van der Waals surface area contributed by atoms with Crippen molar-refractivity contribution >= 4 is 16.9 Å². The molecule has 32 heavy (non-hydrogen) atoms. The zero-order chi connectivity index (χ0) is 23.0. The molecule has 0 spiro atoms. The number of benzene rings is 2. The van der Waals surface area contributed by atoms with Crippen molar-refractivity contribution in [3.8, 4) is 5.69 Å². The monoisotopic (exact) mass is 431 g/mol. The van der Waals surface area contributed by atoms with Gasteiger partial charge in [-0.2, -0.15) is 5.10 Å². The van der Waals surface area contributed by atoms with Crippen LogP contribution in [0.3, 0.4) is 0 Å². The van der Waals surface area contributed by atoms with E-state index in [1.807, 2.05) is 49.7 Å². The summed E-state index contributed by atoms with van der Waals surface area (Å²) in [5.41, 5.74) is 4.09. The first-order chi connectivity index (χ1) is 15.3. The number of nitrogens with one attached hydrogen (secondary N) is 2. The summed E-state index contributed by atoms with van der Waals surface area (Å²) in [6.45, 7) is 8.06. The minimum absolute atomic E-state index is 0.277. The number of rotatable bonds is 5. The second-order valence-corrected chi connectivity index (χ2v) is 7.86. The highest BCUT2D eigenvalue weighted by Crippen LogP contribution is 2.21. The molecule has 0 aliphatic carbocycles. The SMILES string of the molecule is CCn1c(=O)c(=O)[nH]c2cc(C(=O)NC(C)c3cnn(-c4ccc(C)cc4)c3C)ccc21. The van der Waals surface area contributed by atoms with Crippen LogP contribution in [0.4, 0.5) is 0 Å². The van der Waals surface area contributed by atoms with Crippen LogP contribution in [0, 0.1) is 13.8 Å². The zero-order valence-corrected chi connectivity index (χ0v) is 18.5. The Bertz CT molecular complexity index is 1430. The number of H-pyrrole nitrogens is 1. The molecular formula is C24H25N5O3. The Balaban J connectivity index is 1.60. The van der Waals surface area contributed by atoms with Crippen LogP contribution in [-0.4, -0.2) is 25.2 Å². The van der Waals surface area contributed by atoms with Gasteiger partial charge in [0, 0.05) is 23.4 Å². The second-order valence-electron chi connectivity index (χ2n) is 7.86. The van der Waals surface area contributed by atoms with Gasteiger partial charge in [0.05, 0.1) is 29.0 Å². The highest BCUT2D eigenvalue weighted by molar-refractivity contribution is 5.97. The Morgan fingerprint density at radius 2 is 1.84 bits per heavy atom. The molecule has 0 aliphatic heterocycles. The fourth-order valence-electron chi connectivity index (χ4n) is 3.89. The molecule has 1 amide bonds. The zero-order valence-electron chi connectivity index (χ0n) is 18.5. The Labute approximate surface area is 184 Å². The lowest BCUT2D eigenvalue weighted by Crippen LogP contribution is -2.36. The van der Waals surface area contributed by atoms with Gasteiger partial charge in [0.1, 0.15) is 0 Å². The normalized spacial score (nSPS) is 12.1. The highest BCUT2D eigenvalue weighted by atomic mass is 16.2. The van der Waals surface area contributed by atoms with Crippen LogP contribution < -0.4 is 16.4 Å². The van der Waals surface area contributed by atoms with Crippen molar-refractivity contribution in [3.63, 3.8) is 0 Å². The van der Waals surface area contributed by atoms with E-state index in [0.717, 1.165) is 16.9 Å². The van der Waals surface area contributed by atoms with Crippen molar-refractivity contribution in [2.45, 2.75) is 40.3 Å². The number of hydrogen-bond acceptors (Lipinski definition) is 4. The van der Waals surface area contributed by atoms with Gasteiger partial charge in [-0.1, -0.05) is 17.7 Å². The molecule has 1 unspecified atom stereocenters. The van der Waals surface area contributed by atoms with Crippen LogP contribution in [0.2, 0.25) is 0 Å². The highest BCUT2D eigenvalue weighted by Gasteiger charge is 2.18. The summed E-state index contributed by atoms with van der Waals surface area (Å²) in [7, 11) is 0. The lowest BCUT2D eigenvalue weighted by Gasteiger charge is -2.15. The number of aromatic amines is 1. The number of aromatic nitrogens is 4. The first kappa shape index (κ1) is 21.3. The summed E-state index contributed by atoms with van der Waals surface area (Å²) < 4.78 is 3.24. The third kappa shape index (κ3) is 3.75. The molecular weight excluding hydrogens is 406 g/mol. The fourth-order valence-corrected chi connectivity index (χ4v) is 3.89. The van der Waals surface area contributed by atoms with Crippen molar-refractivity contribution < 1.29 is 4.79 Å². The Morgan fingerprint density at radius 1 is 1.12 bits per heavy atom. The van der Waals surface area contributed by atoms with Crippen LogP contribution in [0.5, 0.6) is 0 Å². The van der Waals surface area contributed by atoms with Crippen molar-refractivity contribution in [1.82, 2.24) is 24.6 Å². The summed E-state index contributed by atoms with van der Waals surface area (Å²) >= 11 is 0. The first-order valence-electron chi connectivity index (χ1n) is 10.5. The minimum atomic E-state index is -0.704. The average molecular weight is 431 g/mol. The van der Waals surface area contributed by atoms with Gasteiger partial charge in [-0.05, 0) is 58.0 Å². The maximum absolute atomic E-state index is 12.9. The van der Waals surface area contributed by atoms with Gasteiger partial charge in [-0.3, -0.25) is 14.4 Å². The molecule has 164 valence electrons. The molecule has 0 fully saturated rings. The Hall–Kier alpha value is -3.94. The topological polar surface area (TPSA) is 102 Å². The van der Waals surface area contributed by atoms with Crippen molar-refractivity contribution in [2.24, 2.45) is 0 Å². The molecule has 1 atom stereocenters. The van der Waals surface area contributed by atoms with Crippen LogP contribution in [0.25, 0.3) is 16.7 Å². The van der Waals surface area contributed by atoms with E-state index < -0.39 is 11.1 Å². The molecule has 2 N–H and O–H groups in total. The number of nitrogens with zero attached hydrogens (tertiary/aromatic N) is 3. The summed E-state index contributed by atoms with van der Waals surface area (Å²) in [6.07, 6.45) is 1.76. The molecule has 0 bridgehead atoms. The predicted molar refractivity (Wildman–Crippen MR) is 123 cm³/mol. The van der Waals surface area contributed by atoms with Crippen LogP contribution >= 0.6 is 0 Å². The molecule has 8 heteroatoms. The largest absolute Gasteiger partial charge is 0.345 e. The maximum atomic E-state index is 12.9. The van der Waals surface area contributed by atoms with Crippen LogP contribution in [0.1, 0.15) is 47.1 Å². The predicted octanol–water partition coefficient (Wildman–Crippen LogP) is 3.00. The van der Waals surface area contributed by atoms with Gasteiger partial charge < -0.3 is 14.9 Å². The number of carbonyl (C=O) groups excluding carboxylic acids is 1. The number of hydrogen-bond donors (Lipinski definition) is 2. The second kappa shape index (κ2) is 8.30. The standard InChI is InChI=1S/C24H25N5O3/c1-5-28-21-11-8-17(12-20(21)27-23(31)24(28)32)22(30)26-15(3)19-13-25-29(16(19)4)18-9-6-14(2)7-10-18/h6-13,15H,5H2,1-4H3,(H,26,30)(H,27,31). The molecule has 0 saturated carbocycles. The van der Waals surface area contributed by atoms with Gasteiger partial charge in [-0.15, -0.1) is 0 Å². The summed E-state index contributed by atoms with van der Waals surface area (Å²) in [5, 5.41) is 7.48. The van der Waals surface area contributed by atoms with E-state index in [2.05, 4.69) is 15.4 Å². The van der Waals surface area contributed by atoms with Crippen LogP contribution in [-0.2, 0) is 6.54 Å². The van der Waals surface area contributed by atoms with E-state index in [0.29, 0.717) is 23.1 Å². The van der Waals surface area contributed by atoms with E-state index in [1.165, 1.54) is 10.1 Å². The fraction of sp³-hybridized carbons (Fsp3) is 0.250. The summed E-state index contributed by atoms with van der Waals surface area (Å²) in [5.74, 6) is -0.281. The van der Waals surface area contributed by atoms with Gasteiger partial charge >= 0.3 is 11.1 Å². The number of fused-ring (bicyclic) bond motifs is 1. The van der Waals surface area contributed by atoms with Gasteiger partial charge in [0.25, 0.3) is 5.91 Å². The third-order valence-corrected chi connectivity index (χ3v) is 5.69. The molecule has 2 aromatic heterocycles. The third-order valence-electron chi connectivity index (χ3n) is 5.69. The van der Waals surface area contributed by atoms with Crippen molar-refractivity contribution in [1.29, 1.82) is 0 Å². The molecule has 8 nitrogen and oxygen atoms in total. The summed E-state index contributed by atoms with van der Waals surface area (Å²) in [4.78, 5) is 39.4. The molecule has 2 heterocycles. The van der Waals surface area contributed by atoms with E-state index in [9.17, 15) is 14.4 Å². The van der Waals surface area contributed by atoms with Crippen LogP contribution in [0.15, 0.2) is 58.3 Å². The molecule has 0 aliphatic rings. The number of carbonyl (C=O) groups is 1. The summed E-state index contributed by atoms with van der Waals surface area (Å²) in [6, 6.07) is 12.7. The Morgan fingerprint density at radius 3 is 2.53 bits per heavy atom. The maximum Gasteiger partial charge on any atom is 0.316 e. The van der Waals surface area contributed by atoms with Gasteiger partial charge in [0.15, 0.2) is 0 Å². The molecule has 2 aromatic carbocycles. The van der Waals surface area contributed by atoms with Gasteiger partial charge in [0.2, 0.25) is 0 Å². The molecule has 4 aromatic rings. The van der Waals surface area contributed by atoms with Crippen molar-refractivity contribution in [2.75, 3.05) is 0 Å². The quantitative estimate of drug-likeness (QED) is 0.474. The smallest absolute Gasteiger partial charge is 0.316 e. The minimum Gasteiger partial charge on any atom is -0.345 e. The lowest BCUT2D eigenvalue weighted by molar-refractivity contribution is 0.0940. The number of amides is 1. The van der Waals surface area contributed by atoms with Gasteiger partial charge in [-0.25, -0.2) is 4.68 Å². The van der Waals surface area contributed by atoms with E-state index >= 15 is 0 Å². The number of aryl methyl sites for hydroxylation is 2. The first-order valence-corrected chi connectivity index (χ1v) is 10.5. The Kier molecular flexibility index (Phi) is 5.52. The lowest BCUT2D eigenvalue weighted by atomic mass is 10.1. The molecule has 0 radical (unpaired) electrons. The van der Waals surface area contributed by atoms with E-state index in [-0.39, 0.29) is 11.9 Å².